The second-order valence-electron chi connectivity index (χ2n) is 10.7. The lowest BCUT2D eigenvalue weighted by Gasteiger charge is -2.37. The van der Waals surface area contributed by atoms with Crippen LogP contribution in [0.1, 0.15) is 25.6 Å². The van der Waals surface area contributed by atoms with Crippen LogP contribution >= 0.6 is 11.3 Å². The van der Waals surface area contributed by atoms with Gasteiger partial charge >= 0.3 is 12.2 Å². The van der Waals surface area contributed by atoms with Crippen LogP contribution in [0, 0.1) is 5.92 Å². The van der Waals surface area contributed by atoms with Crippen LogP contribution in [-0.2, 0) is 19.8 Å². The van der Waals surface area contributed by atoms with Gasteiger partial charge in [0, 0.05) is 26.5 Å². The lowest BCUT2D eigenvalue weighted by molar-refractivity contribution is -0.132. The first-order valence-corrected chi connectivity index (χ1v) is 15.6. The number of nitrogens with one attached hydrogen (secondary N) is 1. The molecule has 11 heteroatoms. The highest BCUT2D eigenvalue weighted by molar-refractivity contribution is 7.10. The van der Waals surface area contributed by atoms with Crippen molar-refractivity contribution >= 4 is 43.5 Å². The van der Waals surface area contributed by atoms with Gasteiger partial charge in [-0.25, -0.2) is 14.6 Å². The number of guanidine groups is 1. The van der Waals surface area contributed by atoms with E-state index < -0.39 is 37.3 Å². The molecule has 1 fully saturated rings. The maximum Gasteiger partial charge on any atom is 0.414 e. The van der Waals surface area contributed by atoms with E-state index in [2.05, 4.69) is 25.0 Å². The molecule has 0 radical (unpaired) electrons. The number of aliphatic imine (C=N–C) groups is 1. The molecule has 1 aromatic heterocycles. The Kier molecular flexibility index (Phi) is 6.95. The van der Waals surface area contributed by atoms with Gasteiger partial charge < -0.3 is 14.4 Å². The lowest BCUT2D eigenvalue weighted by atomic mass is 9.84. The Morgan fingerprint density at radius 3 is 2.61 bits per heavy atom. The summed E-state index contributed by atoms with van der Waals surface area (Å²) in [6, 6.07) is 4.67. The molecule has 9 nitrogen and oxygen atoms in total. The molecule has 2 aliphatic rings. The number of rotatable bonds is 4. The van der Waals surface area contributed by atoms with Gasteiger partial charge in [0.05, 0.1) is 19.1 Å². The average molecular weight is 495 g/mol. The number of hydrogen-bond donors (Lipinski definition) is 1. The van der Waals surface area contributed by atoms with Crippen LogP contribution in [-0.4, -0.2) is 74.3 Å². The van der Waals surface area contributed by atoms with Crippen molar-refractivity contribution in [3.8, 4) is 0 Å². The minimum atomic E-state index is -1.34. The molecule has 1 aromatic rings. The van der Waals surface area contributed by atoms with E-state index in [0.717, 1.165) is 10.9 Å². The van der Waals surface area contributed by atoms with Crippen molar-refractivity contribution in [2.75, 3.05) is 26.7 Å². The largest absolute Gasteiger partial charge is 0.450 e. The van der Waals surface area contributed by atoms with Crippen molar-refractivity contribution < 1.29 is 23.9 Å². The monoisotopic (exact) mass is 494 g/mol. The third-order valence-corrected chi connectivity index (χ3v) is 8.30. The highest BCUT2D eigenvalue weighted by Gasteiger charge is 2.57. The van der Waals surface area contributed by atoms with E-state index in [4.69, 9.17) is 14.5 Å². The summed E-state index contributed by atoms with van der Waals surface area (Å²) in [7, 11) is 0.218. The Labute approximate surface area is 200 Å². The zero-order valence-corrected chi connectivity index (χ0v) is 22.2. The first-order chi connectivity index (χ1) is 15.2. The number of ether oxygens (including phenoxy) is 2. The first kappa shape index (κ1) is 25.2. The molecule has 3 rings (SSSR count). The predicted octanol–water partition coefficient (Wildman–Crippen LogP) is 3.70. The van der Waals surface area contributed by atoms with Crippen LogP contribution in [0.25, 0.3) is 0 Å². The molecule has 0 bridgehead atoms. The molecule has 0 aliphatic carbocycles. The van der Waals surface area contributed by atoms with Gasteiger partial charge in [-0.3, -0.25) is 15.0 Å². The molecule has 1 saturated heterocycles. The number of amides is 3. The summed E-state index contributed by atoms with van der Waals surface area (Å²) in [5.41, 5.74) is -1.68. The second-order valence-corrected chi connectivity index (χ2v) is 17.3. The molecular formula is C22H34N4O5SSi. The third-order valence-electron chi connectivity index (χ3n) is 5.56. The van der Waals surface area contributed by atoms with Gasteiger partial charge in [0.1, 0.15) is 11.1 Å². The maximum absolute atomic E-state index is 13.4. The van der Waals surface area contributed by atoms with Crippen molar-refractivity contribution in [1.82, 2.24) is 15.1 Å². The SMILES string of the molecule is CN1C(=O)C2CN(C(=O)OCC[Si](C)(C)C)CC2(c2cccs2)N=C1NC(=O)OC(C)(C)C. The van der Waals surface area contributed by atoms with Gasteiger partial charge in [-0.15, -0.1) is 11.3 Å². The van der Waals surface area contributed by atoms with E-state index in [1.54, 1.807) is 32.7 Å². The summed E-state index contributed by atoms with van der Waals surface area (Å²) in [5, 5.41) is 4.53. The van der Waals surface area contributed by atoms with Crippen LogP contribution in [0.5, 0.6) is 0 Å². The van der Waals surface area contributed by atoms with Gasteiger partial charge in [0.2, 0.25) is 11.9 Å². The summed E-state index contributed by atoms with van der Waals surface area (Å²) in [4.78, 5) is 47.2. The quantitative estimate of drug-likeness (QED) is 0.643. The Bertz CT molecular complexity index is 938. The molecule has 182 valence electrons. The molecule has 2 aliphatic heterocycles. The molecule has 0 spiro atoms. The molecular weight excluding hydrogens is 460 g/mol. The maximum atomic E-state index is 13.4. The summed E-state index contributed by atoms with van der Waals surface area (Å²) in [5.74, 6) is -0.690. The number of alkyl carbamates (subject to hydrolysis) is 1. The number of nitrogens with zero attached hydrogens (tertiary/aromatic N) is 3. The van der Waals surface area contributed by atoms with Crippen molar-refractivity contribution in [3.05, 3.63) is 22.4 Å². The fraction of sp³-hybridized carbons (Fsp3) is 0.636. The van der Waals surface area contributed by atoms with Gasteiger partial charge in [-0.05, 0) is 38.3 Å². The summed E-state index contributed by atoms with van der Waals surface area (Å²) >= 11 is 1.47. The van der Waals surface area contributed by atoms with E-state index in [0.29, 0.717) is 6.61 Å². The van der Waals surface area contributed by atoms with E-state index in [1.807, 2.05) is 17.5 Å². The van der Waals surface area contributed by atoms with Crippen LogP contribution < -0.4 is 5.32 Å². The Hall–Kier alpha value is -2.40. The number of likely N-dealkylation sites (tertiary alicyclic amines) is 1. The fourth-order valence-electron chi connectivity index (χ4n) is 3.85. The summed E-state index contributed by atoms with van der Waals surface area (Å²) < 4.78 is 10.9. The minimum Gasteiger partial charge on any atom is -0.450 e. The summed E-state index contributed by atoms with van der Waals surface area (Å²) in [6.07, 6.45) is -1.13. The first-order valence-electron chi connectivity index (χ1n) is 11.0. The molecule has 2 unspecified atom stereocenters. The minimum absolute atomic E-state index is 0.104. The van der Waals surface area contributed by atoms with Gasteiger partial charge in [-0.2, -0.15) is 0 Å². The number of carbonyl (C=O) groups is 3. The lowest BCUT2D eigenvalue weighted by Crippen LogP contribution is -2.56. The molecule has 0 aromatic carbocycles. The second kappa shape index (κ2) is 9.09. The van der Waals surface area contributed by atoms with Crippen molar-refractivity contribution in [2.24, 2.45) is 10.9 Å². The number of thiophene rings is 1. The van der Waals surface area contributed by atoms with Gasteiger partial charge in [0.15, 0.2) is 0 Å². The Morgan fingerprint density at radius 2 is 2.03 bits per heavy atom. The van der Waals surface area contributed by atoms with Crippen molar-refractivity contribution in [1.29, 1.82) is 0 Å². The zero-order chi connectivity index (χ0) is 24.6. The smallest absolute Gasteiger partial charge is 0.414 e. The topological polar surface area (TPSA) is 101 Å². The van der Waals surface area contributed by atoms with Crippen molar-refractivity contribution in [2.45, 2.75) is 57.6 Å². The number of carbonyl (C=O) groups excluding carboxylic acids is 3. The average Bonchev–Trinajstić information content (AvgIpc) is 3.32. The van der Waals surface area contributed by atoms with Crippen LogP contribution in [0.2, 0.25) is 25.7 Å². The van der Waals surface area contributed by atoms with Crippen LogP contribution in [0.3, 0.4) is 0 Å². The molecule has 33 heavy (non-hydrogen) atoms. The van der Waals surface area contributed by atoms with Gasteiger partial charge in [0.25, 0.3) is 0 Å². The highest BCUT2D eigenvalue weighted by atomic mass is 32.1. The van der Waals surface area contributed by atoms with E-state index in [1.165, 1.54) is 16.2 Å². The number of fused-ring (bicyclic) bond motifs is 1. The Morgan fingerprint density at radius 1 is 1.33 bits per heavy atom. The predicted molar refractivity (Wildman–Crippen MR) is 130 cm³/mol. The Balaban J connectivity index is 1.88. The molecule has 0 saturated carbocycles. The third kappa shape index (κ3) is 5.75. The van der Waals surface area contributed by atoms with Crippen molar-refractivity contribution in [3.63, 3.8) is 0 Å². The van der Waals surface area contributed by atoms with Crippen LogP contribution in [0.15, 0.2) is 22.5 Å². The standard InChI is InChI=1S/C22H34N4O5SSi/c1-21(2,3)31-19(28)23-18-24-22(16-9-8-11-32-16)14-26(13-15(22)17(27)25(18)4)20(29)30-10-12-33(5,6)7/h8-9,11,15H,10,12-14H2,1-7H3,(H,23,24,28). The summed E-state index contributed by atoms with van der Waals surface area (Å²) in [6.45, 7) is 12.7. The highest BCUT2D eigenvalue weighted by Crippen LogP contribution is 2.45. The van der Waals surface area contributed by atoms with E-state index >= 15 is 0 Å². The van der Waals surface area contributed by atoms with Gasteiger partial charge in [-0.1, -0.05) is 25.7 Å². The molecule has 1 N–H and O–H groups in total. The molecule has 2 atom stereocenters. The molecule has 3 amide bonds. The van der Waals surface area contributed by atoms with Crippen LogP contribution in [0.4, 0.5) is 9.59 Å². The number of hydrogen-bond acceptors (Lipinski definition) is 7. The zero-order valence-electron chi connectivity index (χ0n) is 20.4. The molecule has 3 heterocycles. The van der Waals surface area contributed by atoms with E-state index in [-0.39, 0.29) is 25.0 Å². The van der Waals surface area contributed by atoms with E-state index in [9.17, 15) is 14.4 Å². The fourth-order valence-corrected chi connectivity index (χ4v) is 5.48. The normalized spacial score (nSPS) is 23.2.